The van der Waals surface area contributed by atoms with Crippen molar-refractivity contribution in [2.24, 2.45) is 0 Å². The van der Waals surface area contributed by atoms with Gasteiger partial charge in [0.15, 0.2) is 0 Å². The minimum atomic E-state index is -0.0926. The van der Waals surface area contributed by atoms with Crippen molar-refractivity contribution < 1.29 is 9.21 Å². The van der Waals surface area contributed by atoms with Gasteiger partial charge in [-0.25, -0.2) is 0 Å². The van der Waals surface area contributed by atoms with Gasteiger partial charge in [0, 0.05) is 25.9 Å². The normalized spacial score (nSPS) is 14.5. The van der Waals surface area contributed by atoms with E-state index in [0.717, 1.165) is 30.4 Å². The number of carbonyl (C=O) groups excluding carboxylic acids is 1. The van der Waals surface area contributed by atoms with Crippen molar-refractivity contribution in [3.8, 4) is 0 Å². The van der Waals surface area contributed by atoms with E-state index in [1.165, 1.54) is 19.3 Å². The van der Waals surface area contributed by atoms with E-state index in [1.54, 1.807) is 13.0 Å². The van der Waals surface area contributed by atoms with Crippen LogP contribution in [0.3, 0.4) is 0 Å². The van der Waals surface area contributed by atoms with Crippen molar-refractivity contribution in [1.82, 2.24) is 20.1 Å². The van der Waals surface area contributed by atoms with E-state index >= 15 is 0 Å². The van der Waals surface area contributed by atoms with Crippen molar-refractivity contribution in [3.63, 3.8) is 0 Å². The van der Waals surface area contributed by atoms with Gasteiger partial charge in [-0.1, -0.05) is 6.42 Å². The van der Waals surface area contributed by atoms with Crippen LogP contribution in [0.15, 0.2) is 10.5 Å². The van der Waals surface area contributed by atoms with Gasteiger partial charge >= 0.3 is 0 Å². The molecular weight excluding hydrogens is 280 g/mol. The lowest BCUT2D eigenvalue weighted by Gasteiger charge is -2.07. The summed E-state index contributed by atoms with van der Waals surface area (Å²) in [6.45, 7) is 5.20. The lowest BCUT2D eigenvalue weighted by atomic mass is 10.2. The summed E-state index contributed by atoms with van der Waals surface area (Å²) in [6, 6.07) is 1.77. The summed E-state index contributed by atoms with van der Waals surface area (Å²) in [7, 11) is 0. The highest BCUT2D eigenvalue weighted by atomic mass is 16.3. The molecule has 2 aromatic rings. The van der Waals surface area contributed by atoms with Crippen LogP contribution in [0.1, 0.15) is 52.8 Å². The van der Waals surface area contributed by atoms with Crippen LogP contribution in [0.4, 0.5) is 0 Å². The van der Waals surface area contributed by atoms with E-state index in [2.05, 4.69) is 20.1 Å². The summed E-state index contributed by atoms with van der Waals surface area (Å²) in [5, 5.41) is 11.5. The largest absolute Gasteiger partial charge is 0.466 e. The molecule has 118 valence electrons. The average Bonchev–Trinajstić information content (AvgIpc) is 2.93. The highest BCUT2D eigenvalue weighted by Crippen LogP contribution is 2.15. The van der Waals surface area contributed by atoms with E-state index in [4.69, 9.17) is 4.42 Å². The summed E-state index contributed by atoms with van der Waals surface area (Å²) >= 11 is 0. The molecular formula is C16H22N4O2. The van der Waals surface area contributed by atoms with Crippen LogP contribution in [0, 0.1) is 13.8 Å². The zero-order chi connectivity index (χ0) is 15.5. The standard InChI is InChI=1S/C16H22N4O2/c1-11-10-13(12(2)22-11)16(21)17-8-7-15-19-18-14-6-4-3-5-9-20(14)15/h10H,3-9H2,1-2H3,(H,17,21). The van der Waals surface area contributed by atoms with E-state index in [9.17, 15) is 4.79 Å². The zero-order valence-electron chi connectivity index (χ0n) is 13.2. The van der Waals surface area contributed by atoms with Gasteiger partial charge in [-0.05, 0) is 32.8 Å². The highest BCUT2D eigenvalue weighted by Gasteiger charge is 2.16. The molecule has 1 aliphatic heterocycles. The van der Waals surface area contributed by atoms with E-state index in [1.807, 2.05) is 6.92 Å². The Morgan fingerprint density at radius 1 is 1.32 bits per heavy atom. The monoisotopic (exact) mass is 302 g/mol. The fraction of sp³-hybridized carbons (Fsp3) is 0.562. The van der Waals surface area contributed by atoms with E-state index in [-0.39, 0.29) is 5.91 Å². The first-order valence-electron chi connectivity index (χ1n) is 7.91. The maximum Gasteiger partial charge on any atom is 0.254 e. The Kier molecular flexibility index (Phi) is 4.27. The molecule has 3 heterocycles. The van der Waals surface area contributed by atoms with Crippen LogP contribution >= 0.6 is 0 Å². The Hall–Kier alpha value is -2.11. The zero-order valence-corrected chi connectivity index (χ0v) is 13.2. The first kappa shape index (κ1) is 14.8. The Morgan fingerprint density at radius 3 is 2.95 bits per heavy atom. The van der Waals surface area contributed by atoms with Crippen LogP contribution in [-0.2, 0) is 19.4 Å². The Labute approximate surface area is 129 Å². The number of furan rings is 1. The minimum absolute atomic E-state index is 0.0926. The highest BCUT2D eigenvalue weighted by molar-refractivity contribution is 5.95. The molecule has 0 aromatic carbocycles. The van der Waals surface area contributed by atoms with Crippen molar-refractivity contribution >= 4 is 5.91 Å². The third-order valence-electron chi connectivity index (χ3n) is 4.11. The summed E-state index contributed by atoms with van der Waals surface area (Å²) in [6.07, 6.45) is 5.33. The molecule has 0 saturated heterocycles. The second-order valence-electron chi connectivity index (χ2n) is 5.83. The molecule has 0 saturated carbocycles. The molecule has 0 fully saturated rings. The molecule has 0 unspecified atom stereocenters. The predicted molar refractivity (Wildman–Crippen MR) is 81.8 cm³/mol. The number of fused-ring (bicyclic) bond motifs is 1. The number of rotatable bonds is 4. The molecule has 0 aliphatic carbocycles. The Bertz CT molecular complexity index is 672. The van der Waals surface area contributed by atoms with Gasteiger partial charge in [0.1, 0.15) is 23.2 Å². The lowest BCUT2D eigenvalue weighted by molar-refractivity contribution is 0.0952. The number of hydrogen-bond donors (Lipinski definition) is 1. The average molecular weight is 302 g/mol. The molecule has 0 bridgehead atoms. The number of amides is 1. The first-order valence-corrected chi connectivity index (χ1v) is 7.91. The van der Waals surface area contributed by atoms with E-state index < -0.39 is 0 Å². The van der Waals surface area contributed by atoms with Gasteiger partial charge in [0.25, 0.3) is 5.91 Å². The van der Waals surface area contributed by atoms with Gasteiger partial charge in [-0.3, -0.25) is 4.79 Å². The van der Waals surface area contributed by atoms with Crippen LogP contribution in [0.5, 0.6) is 0 Å². The first-order chi connectivity index (χ1) is 10.6. The molecule has 0 spiro atoms. The number of nitrogens with zero attached hydrogens (tertiary/aromatic N) is 3. The van der Waals surface area contributed by atoms with Crippen LogP contribution in [0.2, 0.25) is 0 Å². The second kappa shape index (κ2) is 6.34. The molecule has 2 aromatic heterocycles. The molecule has 0 atom stereocenters. The molecule has 1 aliphatic rings. The summed E-state index contributed by atoms with van der Waals surface area (Å²) in [4.78, 5) is 12.1. The lowest BCUT2D eigenvalue weighted by Crippen LogP contribution is -2.26. The minimum Gasteiger partial charge on any atom is -0.466 e. The van der Waals surface area contributed by atoms with Gasteiger partial charge in [0.05, 0.1) is 5.56 Å². The van der Waals surface area contributed by atoms with Crippen LogP contribution in [0.25, 0.3) is 0 Å². The number of hydrogen-bond acceptors (Lipinski definition) is 4. The fourth-order valence-corrected chi connectivity index (χ4v) is 2.97. The molecule has 22 heavy (non-hydrogen) atoms. The van der Waals surface area contributed by atoms with Gasteiger partial charge in [0.2, 0.25) is 0 Å². The number of nitrogens with one attached hydrogen (secondary N) is 1. The number of carbonyl (C=O) groups is 1. The molecule has 1 amide bonds. The van der Waals surface area contributed by atoms with Crippen molar-refractivity contribution in [3.05, 3.63) is 34.8 Å². The summed E-state index contributed by atoms with van der Waals surface area (Å²) in [5.41, 5.74) is 0.609. The SMILES string of the molecule is Cc1cc(C(=O)NCCc2nnc3n2CCCCC3)c(C)o1. The number of aromatic nitrogens is 3. The smallest absolute Gasteiger partial charge is 0.254 e. The molecule has 6 nitrogen and oxygen atoms in total. The quantitative estimate of drug-likeness (QED) is 0.939. The van der Waals surface area contributed by atoms with Crippen molar-refractivity contribution in [2.75, 3.05) is 6.54 Å². The van der Waals surface area contributed by atoms with Gasteiger partial charge in [-0.2, -0.15) is 0 Å². The summed E-state index contributed by atoms with van der Waals surface area (Å²) in [5.74, 6) is 3.37. The van der Waals surface area contributed by atoms with Crippen LogP contribution in [-0.4, -0.2) is 27.2 Å². The maximum absolute atomic E-state index is 12.1. The predicted octanol–water partition coefficient (Wildman–Crippen LogP) is 2.19. The third kappa shape index (κ3) is 3.05. The molecule has 6 heteroatoms. The molecule has 1 N–H and O–H groups in total. The van der Waals surface area contributed by atoms with Crippen molar-refractivity contribution in [1.29, 1.82) is 0 Å². The number of aryl methyl sites for hydroxylation is 3. The van der Waals surface area contributed by atoms with Gasteiger partial charge < -0.3 is 14.3 Å². The topological polar surface area (TPSA) is 73.0 Å². The van der Waals surface area contributed by atoms with Crippen molar-refractivity contribution in [2.45, 2.75) is 52.5 Å². The van der Waals surface area contributed by atoms with E-state index in [0.29, 0.717) is 24.3 Å². The second-order valence-corrected chi connectivity index (χ2v) is 5.83. The molecule has 3 rings (SSSR count). The Balaban J connectivity index is 1.58. The molecule has 0 radical (unpaired) electrons. The third-order valence-corrected chi connectivity index (χ3v) is 4.11. The summed E-state index contributed by atoms with van der Waals surface area (Å²) < 4.78 is 7.60. The fourth-order valence-electron chi connectivity index (χ4n) is 2.97. The Morgan fingerprint density at radius 2 is 2.18 bits per heavy atom. The maximum atomic E-state index is 12.1. The van der Waals surface area contributed by atoms with Crippen LogP contribution < -0.4 is 5.32 Å². The van der Waals surface area contributed by atoms with Gasteiger partial charge in [-0.15, -0.1) is 10.2 Å².